The van der Waals surface area contributed by atoms with E-state index in [1.54, 1.807) is 0 Å². The van der Waals surface area contributed by atoms with Crippen LogP contribution in [0.3, 0.4) is 0 Å². The SMILES string of the molecule is CCCNC(=O)C1=CN(Cc2ccccc2)C=CC1(C)C. The summed E-state index contributed by atoms with van der Waals surface area (Å²) in [6, 6.07) is 10.3. The molecule has 0 saturated carbocycles. The van der Waals surface area contributed by atoms with Gasteiger partial charge in [0.2, 0.25) is 5.91 Å². The molecule has 0 unspecified atom stereocenters. The van der Waals surface area contributed by atoms with Crippen molar-refractivity contribution in [2.75, 3.05) is 6.54 Å². The highest BCUT2D eigenvalue weighted by molar-refractivity contribution is 5.95. The van der Waals surface area contributed by atoms with E-state index in [1.165, 1.54) is 5.56 Å². The molecule has 1 aliphatic rings. The van der Waals surface area contributed by atoms with Crippen molar-refractivity contribution in [3.63, 3.8) is 0 Å². The molecule has 1 N–H and O–H groups in total. The van der Waals surface area contributed by atoms with Crippen LogP contribution in [0.15, 0.2) is 54.4 Å². The lowest BCUT2D eigenvalue weighted by Gasteiger charge is -2.31. The summed E-state index contributed by atoms with van der Waals surface area (Å²) in [7, 11) is 0. The molecule has 0 aromatic heterocycles. The first-order valence-electron chi connectivity index (χ1n) is 7.52. The summed E-state index contributed by atoms with van der Waals surface area (Å²) in [5.41, 5.74) is 1.81. The third-order valence-corrected chi connectivity index (χ3v) is 3.66. The third-order valence-electron chi connectivity index (χ3n) is 3.66. The Hall–Kier alpha value is -2.03. The third kappa shape index (κ3) is 3.97. The first-order chi connectivity index (χ1) is 10.0. The fourth-order valence-electron chi connectivity index (χ4n) is 2.32. The van der Waals surface area contributed by atoms with Crippen molar-refractivity contribution in [2.24, 2.45) is 5.41 Å². The highest BCUT2D eigenvalue weighted by Crippen LogP contribution is 2.32. The average Bonchev–Trinajstić information content (AvgIpc) is 2.47. The van der Waals surface area contributed by atoms with E-state index in [1.807, 2.05) is 24.4 Å². The van der Waals surface area contributed by atoms with Crippen LogP contribution in [0.4, 0.5) is 0 Å². The summed E-state index contributed by atoms with van der Waals surface area (Å²) in [5.74, 6) is 0.0317. The smallest absolute Gasteiger partial charge is 0.249 e. The normalized spacial score (nSPS) is 16.5. The molecule has 1 aliphatic heterocycles. The second-order valence-electron chi connectivity index (χ2n) is 5.99. The molecule has 1 aromatic rings. The number of amides is 1. The molecule has 0 atom stereocenters. The zero-order valence-electron chi connectivity index (χ0n) is 13.1. The van der Waals surface area contributed by atoms with Gasteiger partial charge in [-0.1, -0.05) is 57.2 Å². The number of hydrogen-bond acceptors (Lipinski definition) is 2. The predicted molar refractivity (Wildman–Crippen MR) is 86.3 cm³/mol. The predicted octanol–water partition coefficient (Wildman–Crippen LogP) is 3.45. The van der Waals surface area contributed by atoms with Gasteiger partial charge in [0.05, 0.1) is 0 Å². The molecule has 0 spiro atoms. The van der Waals surface area contributed by atoms with Crippen molar-refractivity contribution in [3.05, 3.63) is 59.9 Å². The molecule has 0 fully saturated rings. The quantitative estimate of drug-likeness (QED) is 0.898. The van der Waals surface area contributed by atoms with Gasteiger partial charge >= 0.3 is 0 Å². The van der Waals surface area contributed by atoms with Crippen molar-refractivity contribution >= 4 is 5.91 Å². The molecule has 1 amide bonds. The van der Waals surface area contributed by atoms with E-state index in [4.69, 9.17) is 0 Å². The largest absolute Gasteiger partial charge is 0.352 e. The Morgan fingerprint density at radius 2 is 1.95 bits per heavy atom. The van der Waals surface area contributed by atoms with E-state index in [-0.39, 0.29) is 11.3 Å². The van der Waals surface area contributed by atoms with Gasteiger partial charge in [0, 0.05) is 36.5 Å². The Morgan fingerprint density at radius 1 is 1.24 bits per heavy atom. The molecule has 21 heavy (non-hydrogen) atoms. The molecule has 2 rings (SSSR count). The molecule has 1 aromatic carbocycles. The van der Waals surface area contributed by atoms with E-state index in [0.717, 1.165) is 18.5 Å². The summed E-state index contributed by atoms with van der Waals surface area (Å²) in [4.78, 5) is 14.4. The Balaban J connectivity index is 2.14. The molecule has 0 saturated heterocycles. The van der Waals surface area contributed by atoms with Crippen LogP contribution in [0.25, 0.3) is 0 Å². The van der Waals surface area contributed by atoms with Crippen molar-refractivity contribution in [3.8, 4) is 0 Å². The minimum atomic E-state index is -0.231. The van der Waals surface area contributed by atoms with Crippen molar-refractivity contribution < 1.29 is 4.79 Å². The van der Waals surface area contributed by atoms with Crippen LogP contribution in [0.1, 0.15) is 32.8 Å². The lowest BCUT2D eigenvalue weighted by atomic mass is 9.82. The number of benzene rings is 1. The van der Waals surface area contributed by atoms with E-state index < -0.39 is 0 Å². The van der Waals surface area contributed by atoms with Gasteiger partial charge in [-0.2, -0.15) is 0 Å². The molecule has 0 aliphatic carbocycles. The first kappa shape index (κ1) is 15.4. The average molecular weight is 284 g/mol. The maximum atomic E-state index is 12.3. The Morgan fingerprint density at radius 3 is 2.62 bits per heavy atom. The van der Waals surface area contributed by atoms with Gasteiger partial charge in [-0.25, -0.2) is 0 Å². The zero-order chi connectivity index (χ0) is 15.3. The van der Waals surface area contributed by atoms with Gasteiger partial charge in [0.1, 0.15) is 0 Å². The van der Waals surface area contributed by atoms with Crippen LogP contribution in [-0.4, -0.2) is 17.4 Å². The second-order valence-corrected chi connectivity index (χ2v) is 5.99. The van der Waals surface area contributed by atoms with Gasteiger partial charge in [-0.05, 0) is 12.0 Å². The molecular formula is C18H24N2O. The van der Waals surface area contributed by atoms with Gasteiger partial charge < -0.3 is 10.2 Å². The molecule has 0 radical (unpaired) electrons. The van der Waals surface area contributed by atoms with Gasteiger partial charge in [0.15, 0.2) is 0 Å². The van der Waals surface area contributed by atoms with E-state index in [0.29, 0.717) is 6.54 Å². The molecule has 3 nitrogen and oxygen atoms in total. The molecule has 112 valence electrons. The lowest BCUT2D eigenvalue weighted by molar-refractivity contribution is -0.118. The molecular weight excluding hydrogens is 260 g/mol. The minimum Gasteiger partial charge on any atom is -0.352 e. The molecule has 1 heterocycles. The van der Waals surface area contributed by atoms with Gasteiger partial charge in [-0.3, -0.25) is 4.79 Å². The van der Waals surface area contributed by atoms with Crippen LogP contribution < -0.4 is 5.32 Å². The van der Waals surface area contributed by atoms with Gasteiger partial charge in [-0.15, -0.1) is 0 Å². The topological polar surface area (TPSA) is 32.3 Å². The molecule has 0 bridgehead atoms. The van der Waals surface area contributed by atoms with Crippen LogP contribution >= 0.6 is 0 Å². The Kier molecular flexibility index (Phi) is 4.84. The van der Waals surface area contributed by atoms with Crippen LogP contribution in [0, 0.1) is 5.41 Å². The number of rotatable bonds is 5. The van der Waals surface area contributed by atoms with Crippen molar-refractivity contribution in [1.29, 1.82) is 0 Å². The summed E-state index contributed by atoms with van der Waals surface area (Å²) >= 11 is 0. The van der Waals surface area contributed by atoms with E-state index in [2.05, 4.69) is 55.4 Å². The lowest BCUT2D eigenvalue weighted by Crippen LogP contribution is -2.34. The van der Waals surface area contributed by atoms with E-state index in [9.17, 15) is 4.79 Å². The number of nitrogens with zero attached hydrogens (tertiary/aromatic N) is 1. The standard InChI is InChI=1S/C18H24N2O/c1-4-11-19-17(21)16-14-20(12-10-18(16,2)3)13-15-8-6-5-7-9-15/h5-10,12,14H,4,11,13H2,1-3H3,(H,19,21). The highest BCUT2D eigenvalue weighted by Gasteiger charge is 2.29. The van der Waals surface area contributed by atoms with Crippen LogP contribution in [0.2, 0.25) is 0 Å². The minimum absolute atomic E-state index is 0.0317. The number of nitrogens with one attached hydrogen (secondary N) is 1. The number of allylic oxidation sites excluding steroid dienone is 1. The molecule has 3 heteroatoms. The first-order valence-corrected chi connectivity index (χ1v) is 7.52. The Labute approximate surface area is 127 Å². The fourth-order valence-corrected chi connectivity index (χ4v) is 2.32. The fraction of sp³-hybridized carbons (Fsp3) is 0.389. The van der Waals surface area contributed by atoms with Crippen molar-refractivity contribution in [1.82, 2.24) is 10.2 Å². The van der Waals surface area contributed by atoms with E-state index >= 15 is 0 Å². The number of carbonyl (C=O) groups excluding carboxylic acids is 1. The Bertz CT molecular complexity index is 544. The number of carbonyl (C=O) groups is 1. The number of hydrogen-bond donors (Lipinski definition) is 1. The highest BCUT2D eigenvalue weighted by atomic mass is 16.1. The maximum absolute atomic E-state index is 12.3. The summed E-state index contributed by atoms with van der Waals surface area (Å²) < 4.78 is 0. The summed E-state index contributed by atoms with van der Waals surface area (Å²) in [5, 5.41) is 2.97. The van der Waals surface area contributed by atoms with Crippen LogP contribution in [0.5, 0.6) is 0 Å². The van der Waals surface area contributed by atoms with Crippen LogP contribution in [-0.2, 0) is 11.3 Å². The zero-order valence-corrected chi connectivity index (χ0v) is 13.1. The second kappa shape index (κ2) is 6.61. The summed E-state index contributed by atoms with van der Waals surface area (Å²) in [6.45, 7) is 7.69. The van der Waals surface area contributed by atoms with Crippen molar-refractivity contribution in [2.45, 2.75) is 33.7 Å². The summed E-state index contributed by atoms with van der Waals surface area (Å²) in [6.07, 6.45) is 7.07. The monoisotopic (exact) mass is 284 g/mol. The van der Waals surface area contributed by atoms with Gasteiger partial charge in [0.25, 0.3) is 0 Å². The maximum Gasteiger partial charge on any atom is 0.249 e.